The first kappa shape index (κ1) is 13.0. The van der Waals surface area contributed by atoms with Crippen LogP contribution in [0.3, 0.4) is 0 Å². The fourth-order valence-corrected chi connectivity index (χ4v) is 1.81. The summed E-state index contributed by atoms with van der Waals surface area (Å²) in [7, 11) is 0. The summed E-state index contributed by atoms with van der Waals surface area (Å²) >= 11 is 0. The Morgan fingerprint density at radius 3 is 1.88 bits per heavy atom. The van der Waals surface area contributed by atoms with Gasteiger partial charge in [0.1, 0.15) is 0 Å². The zero-order valence-corrected chi connectivity index (χ0v) is 10.1. The minimum atomic E-state index is -0.0315. The van der Waals surface area contributed by atoms with Crippen molar-refractivity contribution in [1.82, 2.24) is 9.80 Å². The topological polar surface area (TPSA) is 66.6 Å². The van der Waals surface area contributed by atoms with Crippen molar-refractivity contribution in [3.05, 3.63) is 0 Å². The summed E-state index contributed by atoms with van der Waals surface area (Å²) < 4.78 is 0. The van der Waals surface area contributed by atoms with Crippen molar-refractivity contribution >= 4 is 11.8 Å². The van der Waals surface area contributed by atoms with E-state index in [1.807, 2.05) is 18.7 Å². The normalized spacial score (nSPS) is 16.8. The Bertz CT molecular complexity index is 258. The molecule has 16 heavy (non-hydrogen) atoms. The van der Waals surface area contributed by atoms with Crippen LogP contribution in [0.2, 0.25) is 0 Å². The first-order valence-corrected chi connectivity index (χ1v) is 5.80. The predicted molar refractivity (Wildman–Crippen MR) is 61.7 cm³/mol. The van der Waals surface area contributed by atoms with E-state index in [4.69, 9.17) is 5.73 Å². The second-order valence-corrected chi connectivity index (χ2v) is 4.56. The van der Waals surface area contributed by atoms with Gasteiger partial charge in [-0.05, 0) is 5.92 Å². The van der Waals surface area contributed by atoms with E-state index in [9.17, 15) is 9.59 Å². The average molecular weight is 227 g/mol. The van der Waals surface area contributed by atoms with Crippen LogP contribution < -0.4 is 5.73 Å². The number of hydrogen-bond acceptors (Lipinski definition) is 3. The molecular weight excluding hydrogens is 206 g/mol. The van der Waals surface area contributed by atoms with E-state index in [1.165, 1.54) is 0 Å². The van der Waals surface area contributed by atoms with Gasteiger partial charge in [0.05, 0.1) is 6.54 Å². The molecule has 1 heterocycles. The van der Waals surface area contributed by atoms with E-state index in [0.717, 1.165) is 0 Å². The van der Waals surface area contributed by atoms with Gasteiger partial charge in [0.25, 0.3) is 0 Å². The first-order chi connectivity index (χ1) is 7.54. The van der Waals surface area contributed by atoms with Crippen LogP contribution in [-0.2, 0) is 9.59 Å². The Hall–Kier alpha value is -1.10. The average Bonchev–Trinajstić information content (AvgIpc) is 2.27. The van der Waals surface area contributed by atoms with Crippen LogP contribution in [0.15, 0.2) is 0 Å². The monoisotopic (exact) mass is 227 g/mol. The van der Waals surface area contributed by atoms with E-state index in [-0.39, 0.29) is 18.4 Å². The summed E-state index contributed by atoms with van der Waals surface area (Å²) in [5.74, 6) is 0.544. The van der Waals surface area contributed by atoms with Crippen LogP contribution in [0.1, 0.15) is 20.3 Å². The van der Waals surface area contributed by atoms with Gasteiger partial charge in [-0.3, -0.25) is 9.59 Å². The number of hydrogen-bond donors (Lipinski definition) is 1. The molecule has 1 aliphatic heterocycles. The minimum absolute atomic E-state index is 0.0315. The second-order valence-electron chi connectivity index (χ2n) is 4.56. The molecule has 5 nitrogen and oxygen atoms in total. The Kier molecular flexibility index (Phi) is 4.73. The largest absolute Gasteiger partial charge is 0.339 e. The van der Waals surface area contributed by atoms with Crippen molar-refractivity contribution in [1.29, 1.82) is 0 Å². The molecule has 0 aromatic carbocycles. The highest BCUT2D eigenvalue weighted by Crippen LogP contribution is 2.08. The maximum Gasteiger partial charge on any atom is 0.236 e. The van der Waals surface area contributed by atoms with Gasteiger partial charge in [0.15, 0.2) is 0 Å². The molecule has 1 aliphatic rings. The molecule has 5 heteroatoms. The van der Waals surface area contributed by atoms with Crippen molar-refractivity contribution < 1.29 is 9.59 Å². The van der Waals surface area contributed by atoms with Crippen LogP contribution in [0.4, 0.5) is 0 Å². The summed E-state index contributed by atoms with van der Waals surface area (Å²) in [6.45, 7) is 6.62. The lowest BCUT2D eigenvalue weighted by Gasteiger charge is -2.35. The summed E-state index contributed by atoms with van der Waals surface area (Å²) in [6, 6.07) is 0. The van der Waals surface area contributed by atoms with Crippen molar-refractivity contribution in [3.8, 4) is 0 Å². The van der Waals surface area contributed by atoms with Gasteiger partial charge in [-0.2, -0.15) is 0 Å². The van der Waals surface area contributed by atoms with E-state index in [2.05, 4.69) is 0 Å². The number of nitrogens with two attached hydrogens (primary N) is 1. The first-order valence-electron chi connectivity index (χ1n) is 5.80. The molecule has 92 valence electrons. The minimum Gasteiger partial charge on any atom is -0.339 e. The quantitative estimate of drug-likeness (QED) is 0.717. The van der Waals surface area contributed by atoms with E-state index < -0.39 is 0 Å². The standard InChI is InChI=1S/C11H21N3O2/c1-9(2)7-10(15)13-3-5-14(6-4-13)11(16)8-12/h9H,3-8,12H2,1-2H3. The number of nitrogens with zero attached hydrogens (tertiary/aromatic N) is 2. The second kappa shape index (κ2) is 5.84. The molecule has 0 saturated carbocycles. The zero-order chi connectivity index (χ0) is 12.1. The van der Waals surface area contributed by atoms with Crippen molar-refractivity contribution in [2.24, 2.45) is 11.7 Å². The Labute approximate surface area is 96.6 Å². The maximum atomic E-state index is 11.8. The van der Waals surface area contributed by atoms with Crippen LogP contribution in [-0.4, -0.2) is 54.3 Å². The molecule has 2 amide bonds. The molecule has 0 atom stereocenters. The Morgan fingerprint density at radius 2 is 1.50 bits per heavy atom. The van der Waals surface area contributed by atoms with Crippen LogP contribution >= 0.6 is 0 Å². The van der Waals surface area contributed by atoms with Gasteiger partial charge in [0, 0.05) is 32.6 Å². The molecule has 2 N–H and O–H groups in total. The third-order valence-electron chi connectivity index (χ3n) is 2.74. The lowest BCUT2D eigenvalue weighted by molar-refractivity contribution is -0.139. The van der Waals surface area contributed by atoms with Crippen molar-refractivity contribution in [2.75, 3.05) is 32.7 Å². The highest BCUT2D eigenvalue weighted by molar-refractivity contribution is 5.79. The third kappa shape index (κ3) is 3.48. The van der Waals surface area contributed by atoms with E-state index in [0.29, 0.717) is 38.5 Å². The number of rotatable bonds is 3. The lowest BCUT2D eigenvalue weighted by atomic mass is 10.1. The SMILES string of the molecule is CC(C)CC(=O)N1CCN(C(=O)CN)CC1. The molecule has 1 saturated heterocycles. The molecular formula is C11H21N3O2. The van der Waals surface area contributed by atoms with Gasteiger partial charge >= 0.3 is 0 Å². The summed E-state index contributed by atoms with van der Waals surface area (Å²) in [5.41, 5.74) is 5.29. The molecule has 1 rings (SSSR count). The maximum absolute atomic E-state index is 11.8. The highest BCUT2D eigenvalue weighted by Gasteiger charge is 2.23. The predicted octanol–water partition coefficient (Wildman–Crippen LogP) is -0.338. The number of carbonyl (C=O) groups is 2. The summed E-state index contributed by atoms with van der Waals surface area (Å²) in [5, 5.41) is 0. The zero-order valence-electron chi connectivity index (χ0n) is 10.1. The van der Waals surface area contributed by atoms with Crippen molar-refractivity contribution in [3.63, 3.8) is 0 Å². The molecule has 0 aromatic heterocycles. The van der Waals surface area contributed by atoms with Gasteiger partial charge in [-0.15, -0.1) is 0 Å². The molecule has 0 aliphatic carbocycles. The molecule has 0 bridgehead atoms. The van der Waals surface area contributed by atoms with E-state index >= 15 is 0 Å². The van der Waals surface area contributed by atoms with Crippen LogP contribution in [0.5, 0.6) is 0 Å². The molecule has 1 fully saturated rings. The number of amides is 2. The Morgan fingerprint density at radius 1 is 1.06 bits per heavy atom. The highest BCUT2D eigenvalue weighted by atomic mass is 16.2. The fraction of sp³-hybridized carbons (Fsp3) is 0.818. The third-order valence-corrected chi connectivity index (χ3v) is 2.74. The van der Waals surface area contributed by atoms with Gasteiger partial charge in [0.2, 0.25) is 11.8 Å². The fourth-order valence-electron chi connectivity index (χ4n) is 1.81. The summed E-state index contributed by atoms with van der Waals surface area (Å²) in [6.07, 6.45) is 0.588. The van der Waals surface area contributed by atoms with Gasteiger partial charge < -0.3 is 15.5 Å². The van der Waals surface area contributed by atoms with Gasteiger partial charge in [-0.1, -0.05) is 13.8 Å². The van der Waals surface area contributed by atoms with Crippen molar-refractivity contribution in [2.45, 2.75) is 20.3 Å². The Balaban J connectivity index is 2.37. The molecule has 0 unspecified atom stereocenters. The smallest absolute Gasteiger partial charge is 0.236 e. The van der Waals surface area contributed by atoms with Gasteiger partial charge in [-0.25, -0.2) is 0 Å². The van der Waals surface area contributed by atoms with E-state index in [1.54, 1.807) is 4.90 Å². The van der Waals surface area contributed by atoms with Crippen LogP contribution in [0.25, 0.3) is 0 Å². The number of carbonyl (C=O) groups excluding carboxylic acids is 2. The number of piperazine rings is 1. The van der Waals surface area contributed by atoms with Crippen LogP contribution in [0, 0.1) is 5.92 Å². The molecule has 0 spiro atoms. The lowest BCUT2D eigenvalue weighted by Crippen LogP contribution is -2.52. The summed E-state index contributed by atoms with van der Waals surface area (Å²) in [4.78, 5) is 26.6. The molecule has 0 radical (unpaired) electrons. The molecule has 0 aromatic rings.